The van der Waals surface area contributed by atoms with Crippen LogP contribution in [-0.2, 0) is 66.8 Å². The summed E-state index contributed by atoms with van der Waals surface area (Å²) in [7, 11) is 0. The Labute approximate surface area is 391 Å². The first kappa shape index (κ1) is 52.3. The van der Waals surface area contributed by atoms with Crippen molar-refractivity contribution in [2.75, 3.05) is 45.0 Å². The van der Waals surface area contributed by atoms with Crippen LogP contribution >= 0.6 is 15.9 Å². The molecule has 0 fully saturated rings. The molecular weight excluding hydrogens is 924 g/mol. The van der Waals surface area contributed by atoms with E-state index in [1.165, 1.54) is 0 Å². The lowest BCUT2D eigenvalue weighted by molar-refractivity contribution is -0.168. The molecule has 0 saturated heterocycles. The van der Waals surface area contributed by atoms with Crippen molar-refractivity contribution in [2.45, 2.75) is 90.4 Å². The van der Waals surface area contributed by atoms with Gasteiger partial charge in [0.25, 0.3) is 0 Å². The van der Waals surface area contributed by atoms with Gasteiger partial charge in [0.05, 0.1) is 11.8 Å². The Bertz CT molecular complexity index is 2160. The van der Waals surface area contributed by atoms with E-state index in [0.29, 0.717) is 35.5 Å². The van der Waals surface area contributed by atoms with Crippen molar-refractivity contribution in [3.8, 4) is 11.5 Å². The number of carbonyl (C=O) groups is 8. The van der Waals surface area contributed by atoms with Crippen LogP contribution < -0.4 is 9.47 Å². The van der Waals surface area contributed by atoms with Crippen molar-refractivity contribution < 1.29 is 76.3 Å². The van der Waals surface area contributed by atoms with Gasteiger partial charge in [0.1, 0.15) is 24.7 Å². The van der Waals surface area contributed by atoms with Crippen LogP contribution in [0, 0.1) is 0 Å². The molecule has 0 aliphatic rings. The highest BCUT2D eigenvalue weighted by molar-refractivity contribution is 9.09. The fourth-order valence-electron chi connectivity index (χ4n) is 6.29. The predicted octanol–water partition coefficient (Wildman–Crippen LogP) is 7.90. The highest BCUT2D eigenvalue weighted by Gasteiger charge is 2.22. The molecule has 0 aromatic heterocycles. The zero-order valence-corrected chi connectivity index (χ0v) is 38.9. The van der Waals surface area contributed by atoms with E-state index in [0.717, 1.165) is 71.8 Å². The number of hydrogen-bond acceptors (Lipinski definition) is 16. The van der Waals surface area contributed by atoms with E-state index in [4.69, 9.17) is 37.9 Å². The monoisotopic (exact) mass is 978 g/mol. The lowest BCUT2D eigenvalue weighted by atomic mass is 9.98. The number of benzene rings is 4. The standard InChI is InChI=1S/C49H55BrO16/c1-4-5-6-8-11-42(51)65-40-19-17-36-24-34(13-15-38(36)26-40)32(2)48(57)63-30-46(55)61-28-44(53)59-22-23-60-45(54)29-62-47(56)31-64-49(58)33(3)35-14-16-39-27-41(20-18-37(39)25-35)66-43(52)12-9-7-10-21-50/h13-20,24-27,32-33H,4-12,21-23,28-31H2,1-3H3. The first-order valence-corrected chi connectivity index (χ1v) is 22.9. The largest absolute Gasteiger partial charge is 0.460 e. The molecule has 0 radical (unpaired) electrons. The molecule has 2 atom stereocenters. The third-order valence-electron chi connectivity index (χ3n) is 10.1. The average Bonchev–Trinajstić information content (AvgIpc) is 3.31. The number of rotatable bonds is 27. The molecule has 0 bridgehead atoms. The molecule has 4 aromatic rings. The maximum Gasteiger partial charge on any atom is 0.344 e. The van der Waals surface area contributed by atoms with Gasteiger partial charge in [-0.2, -0.15) is 0 Å². The Morgan fingerprint density at radius 3 is 1.24 bits per heavy atom. The van der Waals surface area contributed by atoms with Crippen LogP contribution in [0.3, 0.4) is 0 Å². The first-order valence-electron chi connectivity index (χ1n) is 21.8. The van der Waals surface area contributed by atoms with Crippen LogP contribution in [0.25, 0.3) is 21.5 Å². The lowest BCUT2D eigenvalue weighted by Gasteiger charge is -2.13. The van der Waals surface area contributed by atoms with E-state index in [2.05, 4.69) is 22.9 Å². The summed E-state index contributed by atoms with van der Waals surface area (Å²) >= 11 is 3.37. The maximum atomic E-state index is 12.7. The Morgan fingerprint density at radius 1 is 0.439 bits per heavy atom. The second-order valence-electron chi connectivity index (χ2n) is 15.2. The van der Waals surface area contributed by atoms with Gasteiger partial charge in [-0.15, -0.1) is 0 Å². The highest BCUT2D eigenvalue weighted by Crippen LogP contribution is 2.28. The highest BCUT2D eigenvalue weighted by atomic mass is 79.9. The van der Waals surface area contributed by atoms with E-state index in [9.17, 15) is 38.4 Å². The molecule has 0 aliphatic heterocycles. The number of halogens is 1. The molecule has 354 valence electrons. The van der Waals surface area contributed by atoms with Gasteiger partial charge in [-0.25, -0.2) is 19.2 Å². The average molecular weight is 980 g/mol. The smallest absolute Gasteiger partial charge is 0.344 e. The van der Waals surface area contributed by atoms with Gasteiger partial charge in [-0.1, -0.05) is 97.1 Å². The molecule has 0 amide bonds. The van der Waals surface area contributed by atoms with Crippen LogP contribution in [0.5, 0.6) is 11.5 Å². The van der Waals surface area contributed by atoms with Crippen LogP contribution in [-0.4, -0.2) is 92.7 Å². The molecule has 0 aliphatic carbocycles. The summed E-state index contributed by atoms with van der Waals surface area (Å²) in [4.78, 5) is 97.9. The van der Waals surface area contributed by atoms with E-state index in [1.54, 1.807) is 86.6 Å². The van der Waals surface area contributed by atoms with Gasteiger partial charge in [-0.05, 0) is 90.0 Å². The third kappa shape index (κ3) is 18.3. The summed E-state index contributed by atoms with van der Waals surface area (Å²) in [6.45, 7) is 1.41. The number of carbonyl (C=O) groups excluding carboxylic acids is 8. The third-order valence-corrected chi connectivity index (χ3v) is 10.6. The second kappa shape index (κ2) is 27.8. The topological polar surface area (TPSA) is 210 Å². The SMILES string of the molecule is CCCCCCC(=O)Oc1ccc2cc(C(C)C(=O)OCC(=O)OCC(=O)OCCOC(=O)COC(=O)COC(=O)C(C)c3ccc4cc(OC(=O)CCCCCBr)ccc4c3)ccc2c1. The molecule has 0 saturated carbocycles. The van der Waals surface area contributed by atoms with E-state index in [-0.39, 0.29) is 11.9 Å². The van der Waals surface area contributed by atoms with Crippen LogP contribution in [0.4, 0.5) is 0 Å². The fourth-order valence-corrected chi connectivity index (χ4v) is 6.69. The van der Waals surface area contributed by atoms with E-state index >= 15 is 0 Å². The second-order valence-corrected chi connectivity index (χ2v) is 16.0. The molecule has 0 heterocycles. The minimum absolute atomic E-state index is 0.289. The Balaban J connectivity index is 1.05. The fraction of sp³-hybridized carbons (Fsp3) is 0.429. The van der Waals surface area contributed by atoms with Gasteiger partial charge in [0, 0.05) is 18.2 Å². The molecule has 17 heteroatoms. The summed E-state index contributed by atoms with van der Waals surface area (Å²) in [6.07, 6.45) is 7.25. The number of fused-ring (bicyclic) bond motifs is 2. The van der Waals surface area contributed by atoms with Crippen molar-refractivity contribution in [3.05, 3.63) is 83.9 Å². The summed E-state index contributed by atoms with van der Waals surface area (Å²) < 4.78 is 40.4. The molecule has 16 nitrogen and oxygen atoms in total. The van der Waals surface area contributed by atoms with Gasteiger partial charge in [0.15, 0.2) is 26.4 Å². The summed E-state index contributed by atoms with van der Waals surface area (Å²) in [6, 6.07) is 21.0. The summed E-state index contributed by atoms with van der Waals surface area (Å²) in [5, 5.41) is 4.09. The Morgan fingerprint density at radius 2 is 0.818 bits per heavy atom. The molecule has 66 heavy (non-hydrogen) atoms. The predicted molar refractivity (Wildman–Crippen MR) is 243 cm³/mol. The Hall–Kier alpha value is -6.36. The number of unbranched alkanes of at least 4 members (excludes halogenated alkanes) is 5. The minimum Gasteiger partial charge on any atom is -0.460 e. The number of esters is 8. The van der Waals surface area contributed by atoms with E-state index in [1.807, 2.05) is 0 Å². The molecule has 2 unspecified atom stereocenters. The summed E-state index contributed by atoms with van der Waals surface area (Å²) in [5.74, 6) is -6.56. The van der Waals surface area contributed by atoms with Gasteiger partial charge < -0.3 is 37.9 Å². The minimum atomic E-state index is -0.998. The van der Waals surface area contributed by atoms with Gasteiger partial charge >= 0.3 is 47.8 Å². The van der Waals surface area contributed by atoms with Crippen LogP contribution in [0.1, 0.15) is 102 Å². The molecule has 4 aromatic carbocycles. The normalized spacial score (nSPS) is 11.8. The van der Waals surface area contributed by atoms with E-state index < -0.39 is 87.3 Å². The van der Waals surface area contributed by atoms with Crippen molar-refractivity contribution in [3.63, 3.8) is 0 Å². The molecule has 0 spiro atoms. The lowest BCUT2D eigenvalue weighted by Crippen LogP contribution is -2.25. The summed E-state index contributed by atoms with van der Waals surface area (Å²) in [5.41, 5.74) is 1.25. The van der Waals surface area contributed by atoms with Gasteiger partial charge in [-0.3, -0.25) is 19.2 Å². The van der Waals surface area contributed by atoms with Crippen LogP contribution in [0.15, 0.2) is 72.8 Å². The van der Waals surface area contributed by atoms with Gasteiger partial charge in [0.2, 0.25) is 0 Å². The van der Waals surface area contributed by atoms with Crippen molar-refractivity contribution in [1.82, 2.24) is 0 Å². The number of hydrogen-bond donors (Lipinski definition) is 0. The van der Waals surface area contributed by atoms with Crippen molar-refractivity contribution >= 4 is 85.2 Å². The van der Waals surface area contributed by atoms with Crippen molar-refractivity contribution in [1.29, 1.82) is 0 Å². The zero-order valence-electron chi connectivity index (χ0n) is 37.3. The maximum absolute atomic E-state index is 12.7. The van der Waals surface area contributed by atoms with Crippen LogP contribution in [0.2, 0.25) is 0 Å². The molecule has 0 N–H and O–H groups in total. The zero-order chi connectivity index (χ0) is 47.8. The quantitative estimate of drug-likeness (QED) is 0.0183. The number of alkyl halides is 1. The first-order chi connectivity index (χ1) is 31.8. The Kier molecular flexibility index (Phi) is 22.1. The van der Waals surface area contributed by atoms with Crippen molar-refractivity contribution in [2.24, 2.45) is 0 Å². The molecular formula is C49H55BrO16. The number of ether oxygens (including phenoxy) is 8. The molecule has 4 rings (SSSR count).